The molecule has 29 heavy (non-hydrogen) atoms. The van der Waals surface area contributed by atoms with Gasteiger partial charge in [-0.3, -0.25) is 9.69 Å². The zero-order valence-corrected chi connectivity index (χ0v) is 19.0. The summed E-state index contributed by atoms with van der Waals surface area (Å²) in [5, 5.41) is 0. The van der Waals surface area contributed by atoms with Gasteiger partial charge in [-0.25, -0.2) is 4.79 Å². The minimum Gasteiger partial charge on any atom is -0.496 e. The third-order valence-electron chi connectivity index (χ3n) is 5.25. The standard InChI is InChI=1S/C23H26BrNO4/c1-23(2,3)17-9-6-15(13-20(17)28-4)21(26)25-18-11-8-16(24)12-14(18)7-10-19(25)22(27)29-5/h6,8-9,11-13,19H,7,10H2,1-5H3. The van der Waals surface area contributed by atoms with Crippen LogP contribution in [0, 0.1) is 0 Å². The van der Waals surface area contributed by atoms with E-state index < -0.39 is 12.0 Å². The Labute approximate surface area is 180 Å². The number of fused-ring (bicyclic) bond motifs is 1. The summed E-state index contributed by atoms with van der Waals surface area (Å²) in [6, 6.07) is 10.6. The van der Waals surface area contributed by atoms with Gasteiger partial charge in [0.1, 0.15) is 11.8 Å². The van der Waals surface area contributed by atoms with Crippen molar-refractivity contribution in [2.24, 2.45) is 0 Å². The molecule has 154 valence electrons. The third kappa shape index (κ3) is 4.17. The Morgan fingerprint density at radius 1 is 1.10 bits per heavy atom. The van der Waals surface area contributed by atoms with E-state index in [2.05, 4.69) is 36.7 Å². The van der Waals surface area contributed by atoms with Gasteiger partial charge in [0.15, 0.2) is 0 Å². The highest BCUT2D eigenvalue weighted by molar-refractivity contribution is 9.10. The number of esters is 1. The molecule has 0 saturated heterocycles. The second-order valence-corrected chi connectivity index (χ2v) is 9.11. The maximum atomic E-state index is 13.6. The molecule has 0 aromatic heterocycles. The van der Waals surface area contributed by atoms with Crippen molar-refractivity contribution >= 4 is 33.5 Å². The van der Waals surface area contributed by atoms with E-state index in [1.165, 1.54) is 7.11 Å². The highest BCUT2D eigenvalue weighted by Gasteiger charge is 2.37. The topological polar surface area (TPSA) is 55.8 Å². The first kappa shape index (κ1) is 21.4. The molecule has 0 bridgehead atoms. The van der Waals surface area contributed by atoms with Crippen molar-refractivity contribution in [3.05, 3.63) is 57.6 Å². The molecule has 0 saturated carbocycles. The summed E-state index contributed by atoms with van der Waals surface area (Å²) in [7, 11) is 2.95. The fraction of sp³-hybridized carbons (Fsp3) is 0.391. The Morgan fingerprint density at radius 2 is 1.83 bits per heavy atom. The van der Waals surface area contributed by atoms with Gasteiger partial charge in [-0.05, 0) is 59.7 Å². The van der Waals surface area contributed by atoms with Crippen LogP contribution in [-0.2, 0) is 21.4 Å². The van der Waals surface area contributed by atoms with Gasteiger partial charge in [0, 0.05) is 15.7 Å². The van der Waals surface area contributed by atoms with Gasteiger partial charge >= 0.3 is 5.97 Å². The third-order valence-corrected chi connectivity index (χ3v) is 5.74. The first-order valence-electron chi connectivity index (χ1n) is 9.55. The van der Waals surface area contributed by atoms with E-state index in [4.69, 9.17) is 9.47 Å². The number of halogens is 1. The first-order chi connectivity index (χ1) is 13.7. The van der Waals surface area contributed by atoms with Gasteiger partial charge in [0.25, 0.3) is 5.91 Å². The maximum Gasteiger partial charge on any atom is 0.328 e. The van der Waals surface area contributed by atoms with Gasteiger partial charge in [0.2, 0.25) is 0 Å². The number of aryl methyl sites for hydroxylation is 1. The molecule has 0 spiro atoms. The van der Waals surface area contributed by atoms with Gasteiger partial charge in [-0.2, -0.15) is 0 Å². The second kappa shape index (κ2) is 8.19. The molecule has 1 amide bonds. The van der Waals surface area contributed by atoms with E-state index in [0.29, 0.717) is 24.2 Å². The van der Waals surface area contributed by atoms with Crippen molar-refractivity contribution in [3.8, 4) is 5.75 Å². The van der Waals surface area contributed by atoms with Crippen molar-refractivity contribution in [1.82, 2.24) is 0 Å². The lowest BCUT2D eigenvalue weighted by atomic mass is 9.85. The van der Waals surface area contributed by atoms with Crippen LogP contribution in [0.4, 0.5) is 5.69 Å². The van der Waals surface area contributed by atoms with Crippen LogP contribution in [-0.4, -0.2) is 32.1 Å². The lowest BCUT2D eigenvalue weighted by molar-refractivity contribution is -0.142. The Kier molecular flexibility index (Phi) is 6.03. The van der Waals surface area contributed by atoms with Crippen LogP contribution in [0.25, 0.3) is 0 Å². The van der Waals surface area contributed by atoms with Crippen molar-refractivity contribution in [2.45, 2.75) is 45.1 Å². The molecule has 0 radical (unpaired) electrons. The highest BCUT2D eigenvalue weighted by atomic mass is 79.9. The van der Waals surface area contributed by atoms with Crippen molar-refractivity contribution in [3.63, 3.8) is 0 Å². The zero-order chi connectivity index (χ0) is 21.3. The van der Waals surface area contributed by atoms with Crippen LogP contribution in [0.15, 0.2) is 40.9 Å². The van der Waals surface area contributed by atoms with Crippen molar-refractivity contribution < 1.29 is 19.1 Å². The maximum absolute atomic E-state index is 13.6. The number of hydrogen-bond donors (Lipinski definition) is 0. The smallest absolute Gasteiger partial charge is 0.328 e. The van der Waals surface area contributed by atoms with Crippen LogP contribution >= 0.6 is 15.9 Å². The number of carbonyl (C=O) groups excluding carboxylic acids is 2. The van der Waals surface area contributed by atoms with Gasteiger partial charge < -0.3 is 9.47 Å². The van der Waals surface area contributed by atoms with Crippen LogP contribution in [0.1, 0.15) is 48.7 Å². The second-order valence-electron chi connectivity index (χ2n) is 8.19. The quantitative estimate of drug-likeness (QED) is 0.613. The van der Waals surface area contributed by atoms with Crippen LogP contribution in [0.5, 0.6) is 5.75 Å². The average Bonchev–Trinajstić information content (AvgIpc) is 2.70. The number of hydrogen-bond acceptors (Lipinski definition) is 4. The summed E-state index contributed by atoms with van der Waals surface area (Å²) in [5.41, 5.74) is 3.12. The number of methoxy groups -OCH3 is 2. The molecule has 1 atom stereocenters. The van der Waals surface area contributed by atoms with Crippen LogP contribution in [0.3, 0.4) is 0 Å². The molecule has 6 heteroatoms. The van der Waals surface area contributed by atoms with E-state index in [0.717, 1.165) is 21.3 Å². The zero-order valence-electron chi connectivity index (χ0n) is 17.4. The molecule has 1 unspecified atom stereocenters. The molecule has 2 aromatic rings. The molecule has 1 aliphatic rings. The summed E-state index contributed by atoms with van der Waals surface area (Å²) in [4.78, 5) is 27.6. The summed E-state index contributed by atoms with van der Waals surface area (Å²) in [5.74, 6) is -0.00126. The molecule has 3 rings (SSSR count). The number of anilines is 1. The average molecular weight is 460 g/mol. The minimum absolute atomic E-state index is 0.120. The first-order valence-corrected chi connectivity index (χ1v) is 10.3. The number of nitrogens with zero attached hydrogens (tertiary/aromatic N) is 1. The monoisotopic (exact) mass is 459 g/mol. The van der Waals surface area contributed by atoms with Crippen molar-refractivity contribution in [2.75, 3.05) is 19.1 Å². The Hall–Kier alpha value is -2.34. The van der Waals surface area contributed by atoms with Crippen LogP contribution < -0.4 is 9.64 Å². The summed E-state index contributed by atoms with van der Waals surface area (Å²) in [6.45, 7) is 6.29. The van der Waals surface area contributed by atoms with E-state index >= 15 is 0 Å². The van der Waals surface area contributed by atoms with E-state index in [1.54, 1.807) is 24.1 Å². The molecule has 1 aliphatic heterocycles. The summed E-state index contributed by atoms with van der Waals surface area (Å²) >= 11 is 3.48. The number of amides is 1. The Bertz CT molecular complexity index is 948. The summed E-state index contributed by atoms with van der Waals surface area (Å²) in [6.07, 6.45) is 1.21. The van der Waals surface area contributed by atoms with Gasteiger partial charge in [-0.15, -0.1) is 0 Å². The number of ether oxygens (including phenoxy) is 2. The molecule has 5 nitrogen and oxygen atoms in total. The highest BCUT2D eigenvalue weighted by Crippen LogP contribution is 2.36. The lowest BCUT2D eigenvalue weighted by Crippen LogP contribution is -2.48. The predicted octanol–water partition coefficient (Wildman–Crippen LogP) is 4.89. The van der Waals surface area contributed by atoms with E-state index in [-0.39, 0.29) is 11.3 Å². The fourth-order valence-electron chi connectivity index (χ4n) is 3.77. The number of rotatable bonds is 3. The summed E-state index contributed by atoms with van der Waals surface area (Å²) < 4.78 is 11.5. The Balaban J connectivity index is 2.09. The molecule has 1 heterocycles. The molecule has 2 aromatic carbocycles. The van der Waals surface area contributed by atoms with Crippen molar-refractivity contribution in [1.29, 1.82) is 0 Å². The fourth-order valence-corrected chi connectivity index (χ4v) is 4.18. The molecular formula is C23H26BrNO4. The van der Waals surface area contributed by atoms with E-state index in [9.17, 15) is 9.59 Å². The minimum atomic E-state index is -0.658. The number of benzene rings is 2. The largest absolute Gasteiger partial charge is 0.496 e. The lowest BCUT2D eigenvalue weighted by Gasteiger charge is -2.36. The Morgan fingerprint density at radius 3 is 2.45 bits per heavy atom. The van der Waals surface area contributed by atoms with Gasteiger partial charge in [0.05, 0.1) is 14.2 Å². The van der Waals surface area contributed by atoms with E-state index in [1.807, 2.05) is 24.3 Å². The number of carbonyl (C=O) groups is 2. The molecule has 0 aliphatic carbocycles. The molecular weight excluding hydrogens is 434 g/mol. The van der Waals surface area contributed by atoms with Gasteiger partial charge in [-0.1, -0.05) is 42.8 Å². The normalized spacial score (nSPS) is 16.2. The predicted molar refractivity (Wildman–Crippen MR) is 117 cm³/mol. The van der Waals surface area contributed by atoms with Crippen LogP contribution in [0.2, 0.25) is 0 Å². The molecule has 0 fully saturated rings. The molecule has 0 N–H and O–H groups in total. The SMILES string of the molecule is COC(=O)C1CCc2cc(Br)ccc2N1C(=O)c1ccc(C(C)(C)C)c(OC)c1.